The molecule has 1 aliphatic heterocycles. The molecule has 1 aliphatic rings. The van der Waals surface area contributed by atoms with Crippen LogP contribution >= 0.6 is 0 Å². The van der Waals surface area contributed by atoms with E-state index in [-0.39, 0.29) is 11.3 Å². The number of benzene rings is 2. The van der Waals surface area contributed by atoms with Crippen LogP contribution in [0.4, 0.5) is 5.82 Å². The van der Waals surface area contributed by atoms with Crippen molar-refractivity contribution in [3.8, 4) is 5.75 Å². The van der Waals surface area contributed by atoms with Gasteiger partial charge in [-0.25, -0.2) is 4.98 Å². The van der Waals surface area contributed by atoms with Gasteiger partial charge in [-0.05, 0) is 47.7 Å². The second kappa shape index (κ2) is 9.60. The van der Waals surface area contributed by atoms with Crippen molar-refractivity contribution >= 4 is 22.6 Å². The van der Waals surface area contributed by atoms with Crippen LogP contribution in [-0.4, -0.2) is 48.6 Å². The summed E-state index contributed by atoms with van der Waals surface area (Å²) in [6.07, 6.45) is 1.25. The van der Waals surface area contributed by atoms with Gasteiger partial charge in [-0.3, -0.25) is 4.79 Å². The van der Waals surface area contributed by atoms with Crippen LogP contribution in [0, 0.1) is 0 Å². The van der Waals surface area contributed by atoms with Crippen LogP contribution in [0.25, 0.3) is 10.9 Å². The normalized spacial score (nSPS) is 14.6. The van der Waals surface area contributed by atoms with E-state index in [2.05, 4.69) is 56.0 Å². The van der Waals surface area contributed by atoms with Crippen LogP contribution in [0.3, 0.4) is 0 Å². The number of amides is 1. The molecule has 0 N–H and O–H groups in total. The third-order valence-corrected chi connectivity index (χ3v) is 6.06. The highest BCUT2D eigenvalue weighted by atomic mass is 16.5. The maximum absolute atomic E-state index is 12.6. The van der Waals surface area contributed by atoms with Crippen LogP contribution in [0.5, 0.6) is 5.75 Å². The minimum atomic E-state index is 0.138. The molecule has 32 heavy (non-hydrogen) atoms. The Bertz CT molecular complexity index is 1050. The van der Waals surface area contributed by atoms with E-state index < -0.39 is 0 Å². The summed E-state index contributed by atoms with van der Waals surface area (Å²) in [5, 5.41) is 1.15. The van der Waals surface area contributed by atoms with Crippen LogP contribution in [0.15, 0.2) is 60.7 Å². The van der Waals surface area contributed by atoms with Crippen molar-refractivity contribution in [1.82, 2.24) is 9.88 Å². The minimum absolute atomic E-state index is 0.138. The molecule has 0 unspecified atom stereocenters. The average Bonchev–Trinajstić information content (AvgIpc) is 2.81. The highest BCUT2D eigenvalue weighted by Gasteiger charge is 2.21. The fourth-order valence-corrected chi connectivity index (χ4v) is 4.04. The second-order valence-electron chi connectivity index (χ2n) is 9.46. The Morgan fingerprint density at radius 2 is 1.66 bits per heavy atom. The Hall–Kier alpha value is -3.08. The lowest BCUT2D eigenvalue weighted by atomic mass is 9.87. The van der Waals surface area contributed by atoms with Crippen molar-refractivity contribution in [2.75, 3.05) is 37.7 Å². The number of anilines is 1. The summed E-state index contributed by atoms with van der Waals surface area (Å²) in [4.78, 5) is 21.6. The first kappa shape index (κ1) is 22.1. The molecule has 0 spiro atoms. The van der Waals surface area contributed by atoms with E-state index in [0.29, 0.717) is 13.0 Å². The first-order valence-corrected chi connectivity index (χ1v) is 11.5. The van der Waals surface area contributed by atoms with Crippen molar-refractivity contribution in [2.24, 2.45) is 0 Å². The number of aromatic nitrogens is 1. The Labute approximate surface area is 191 Å². The molecule has 3 aromatic rings. The third-order valence-electron chi connectivity index (χ3n) is 6.06. The largest absolute Gasteiger partial charge is 0.494 e. The molecule has 1 amide bonds. The molecule has 1 fully saturated rings. The predicted molar refractivity (Wildman–Crippen MR) is 130 cm³/mol. The smallest absolute Gasteiger partial charge is 0.222 e. The lowest BCUT2D eigenvalue weighted by molar-refractivity contribution is -0.131. The standard InChI is InChI=1S/C27H33N3O2/c1-27(2,3)22-11-13-23(14-12-22)32-20-6-9-26(31)30-18-16-29(17-19-30)25-15-10-21-7-4-5-8-24(21)28-25/h4-5,7-8,10-15H,6,9,16-20H2,1-3H3. The number of hydrogen-bond donors (Lipinski definition) is 0. The number of carbonyl (C=O) groups is 1. The maximum Gasteiger partial charge on any atom is 0.222 e. The number of pyridine rings is 1. The number of rotatable bonds is 6. The number of piperazine rings is 1. The zero-order valence-electron chi connectivity index (χ0n) is 19.4. The van der Waals surface area contributed by atoms with Gasteiger partial charge in [-0.15, -0.1) is 0 Å². The number of hydrogen-bond acceptors (Lipinski definition) is 4. The van der Waals surface area contributed by atoms with Gasteiger partial charge in [-0.2, -0.15) is 0 Å². The second-order valence-corrected chi connectivity index (χ2v) is 9.46. The van der Waals surface area contributed by atoms with Crippen LogP contribution < -0.4 is 9.64 Å². The molecule has 1 saturated heterocycles. The molecule has 0 aliphatic carbocycles. The first-order chi connectivity index (χ1) is 15.4. The van der Waals surface area contributed by atoms with Crippen LogP contribution in [0.1, 0.15) is 39.2 Å². The summed E-state index contributed by atoms with van der Waals surface area (Å²) in [7, 11) is 0. The minimum Gasteiger partial charge on any atom is -0.494 e. The molecule has 5 nitrogen and oxygen atoms in total. The van der Waals surface area contributed by atoms with E-state index >= 15 is 0 Å². The highest BCUT2D eigenvalue weighted by molar-refractivity contribution is 5.80. The van der Waals surface area contributed by atoms with Crippen molar-refractivity contribution in [2.45, 2.75) is 39.0 Å². The van der Waals surface area contributed by atoms with Gasteiger partial charge < -0.3 is 14.5 Å². The van der Waals surface area contributed by atoms with Gasteiger partial charge in [0, 0.05) is 38.0 Å². The zero-order chi connectivity index (χ0) is 22.6. The van der Waals surface area contributed by atoms with Crippen LogP contribution in [-0.2, 0) is 10.2 Å². The van der Waals surface area contributed by atoms with Crippen molar-refractivity contribution in [3.05, 3.63) is 66.2 Å². The Balaban J connectivity index is 1.20. The molecular formula is C27H33N3O2. The summed E-state index contributed by atoms with van der Waals surface area (Å²) in [6.45, 7) is 10.3. The summed E-state index contributed by atoms with van der Waals surface area (Å²) < 4.78 is 5.83. The quantitative estimate of drug-likeness (QED) is 0.513. The SMILES string of the molecule is CC(C)(C)c1ccc(OCCCC(=O)N2CCN(c3ccc4ccccc4n3)CC2)cc1. The maximum atomic E-state index is 12.6. The number of carbonyl (C=O) groups excluding carboxylic acids is 1. The lowest BCUT2D eigenvalue weighted by Gasteiger charge is -2.35. The van der Waals surface area contributed by atoms with E-state index in [4.69, 9.17) is 9.72 Å². The topological polar surface area (TPSA) is 45.7 Å². The molecular weight excluding hydrogens is 398 g/mol. The highest BCUT2D eigenvalue weighted by Crippen LogP contribution is 2.24. The van der Waals surface area contributed by atoms with Gasteiger partial charge in [0.2, 0.25) is 5.91 Å². The molecule has 0 saturated carbocycles. The summed E-state index contributed by atoms with van der Waals surface area (Å²) >= 11 is 0. The first-order valence-electron chi connectivity index (χ1n) is 11.5. The molecule has 168 valence electrons. The van der Waals surface area contributed by atoms with E-state index in [1.165, 1.54) is 5.56 Å². The van der Waals surface area contributed by atoms with E-state index in [0.717, 1.165) is 55.1 Å². The van der Waals surface area contributed by atoms with Gasteiger partial charge in [0.05, 0.1) is 12.1 Å². The predicted octanol–water partition coefficient (Wildman–Crippen LogP) is 5.04. The molecule has 5 heteroatoms. The molecule has 0 atom stereocenters. The fourth-order valence-electron chi connectivity index (χ4n) is 4.04. The molecule has 0 radical (unpaired) electrons. The van der Waals surface area contributed by atoms with Gasteiger partial charge >= 0.3 is 0 Å². The van der Waals surface area contributed by atoms with Gasteiger partial charge in [-0.1, -0.05) is 51.1 Å². The Kier molecular flexibility index (Phi) is 6.63. The zero-order valence-corrected chi connectivity index (χ0v) is 19.4. The molecule has 1 aromatic heterocycles. The number of nitrogens with zero attached hydrogens (tertiary/aromatic N) is 3. The third kappa shape index (κ3) is 5.39. The molecule has 2 heterocycles. The van der Waals surface area contributed by atoms with Gasteiger partial charge in [0.25, 0.3) is 0 Å². The van der Waals surface area contributed by atoms with Gasteiger partial charge in [0.15, 0.2) is 0 Å². The van der Waals surface area contributed by atoms with Crippen molar-refractivity contribution in [3.63, 3.8) is 0 Å². The number of para-hydroxylation sites is 1. The summed E-state index contributed by atoms with van der Waals surface area (Å²) in [5.74, 6) is 2.06. The van der Waals surface area contributed by atoms with Gasteiger partial charge in [0.1, 0.15) is 11.6 Å². The van der Waals surface area contributed by atoms with E-state index in [1.807, 2.05) is 35.2 Å². The summed E-state index contributed by atoms with van der Waals surface area (Å²) in [6, 6.07) is 20.6. The van der Waals surface area contributed by atoms with E-state index in [1.54, 1.807) is 0 Å². The van der Waals surface area contributed by atoms with Crippen LogP contribution in [0.2, 0.25) is 0 Å². The fraction of sp³-hybridized carbons (Fsp3) is 0.407. The molecule has 0 bridgehead atoms. The average molecular weight is 432 g/mol. The van der Waals surface area contributed by atoms with Crippen molar-refractivity contribution in [1.29, 1.82) is 0 Å². The van der Waals surface area contributed by atoms with E-state index in [9.17, 15) is 4.79 Å². The number of ether oxygens (including phenoxy) is 1. The van der Waals surface area contributed by atoms with Crippen molar-refractivity contribution < 1.29 is 9.53 Å². The monoisotopic (exact) mass is 431 g/mol. The Morgan fingerprint density at radius 3 is 2.38 bits per heavy atom. The number of fused-ring (bicyclic) bond motifs is 1. The molecule has 2 aromatic carbocycles. The lowest BCUT2D eigenvalue weighted by Crippen LogP contribution is -2.49. The molecule has 4 rings (SSSR count). The summed E-state index contributed by atoms with van der Waals surface area (Å²) in [5.41, 5.74) is 2.44. The Morgan fingerprint density at radius 1 is 0.938 bits per heavy atom.